The Morgan fingerprint density at radius 1 is 0.885 bits per heavy atom. The first-order chi connectivity index (χ1) is 12.8. The van der Waals surface area contributed by atoms with Crippen LogP contribution in [0.4, 0.5) is 0 Å². The second-order valence-corrected chi connectivity index (χ2v) is 7.13. The molecular formula is C21H20N4O. The van der Waals surface area contributed by atoms with Crippen LogP contribution in [0, 0.1) is 0 Å². The van der Waals surface area contributed by atoms with Gasteiger partial charge >= 0.3 is 0 Å². The van der Waals surface area contributed by atoms with Crippen LogP contribution in [0.15, 0.2) is 60.7 Å². The molecule has 3 aromatic rings. The number of nitrogens with zero attached hydrogens (tertiary/aromatic N) is 4. The van der Waals surface area contributed by atoms with Crippen molar-refractivity contribution in [3.63, 3.8) is 0 Å². The molecule has 26 heavy (non-hydrogen) atoms. The number of carbonyl (C=O) groups is 1. The van der Waals surface area contributed by atoms with Crippen molar-refractivity contribution in [2.75, 3.05) is 6.54 Å². The van der Waals surface area contributed by atoms with Gasteiger partial charge in [-0.25, -0.2) is 0 Å². The summed E-state index contributed by atoms with van der Waals surface area (Å²) in [6.45, 7) is 1.98. The largest absolute Gasteiger partial charge is 0.333 e. The number of aromatic nitrogens is 3. The van der Waals surface area contributed by atoms with Crippen molar-refractivity contribution < 1.29 is 4.79 Å². The number of rotatable bonds is 3. The molecule has 0 saturated heterocycles. The molecule has 0 radical (unpaired) electrons. The van der Waals surface area contributed by atoms with Crippen LogP contribution in [0.5, 0.6) is 0 Å². The number of hydrogen-bond acceptors (Lipinski definition) is 3. The van der Waals surface area contributed by atoms with Crippen LogP contribution in [0.2, 0.25) is 0 Å². The fourth-order valence-corrected chi connectivity index (χ4v) is 3.94. The Balaban J connectivity index is 1.40. The van der Waals surface area contributed by atoms with Gasteiger partial charge in [-0.05, 0) is 18.4 Å². The maximum Gasteiger partial charge on any atom is 0.233 e. The third kappa shape index (κ3) is 2.35. The molecule has 2 aliphatic rings. The summed E-state index contributed by atoms with van der Waals surface area (Å²) in [6.07, 6.45) is 1.88. The van der Waals surface area contributed by atoms with Gasteiger partial charge < -0.3 is 9.47 Å². The molecule has 2 aromatic carbocycles. The Morgan fingerprint density at radius 3 is 2.27 bits per heavy atom. The van der Waals surface area contributed by atoms with E-state index in [-0.39, 0.29) is 11.3 Å². The van der Waals surface area contributed by atoms with Gasteiger partial charge in [0.15, 0.2) is 11.6 Å². The highest BCUT2D eigenvalue weighted by Gasteiger charge is 2.53. The van der Waals surface area contributed by atoms with E-state index < -0.39 is 0 Å². The summed E-state index contributed by atoms with van der Waals surface area (Å²) in [4.78, 5) is 15.2. The molecule has 1 aliphatic heterocycles. The van der Waals surface area contributed by atoms with E-state index >= 15 is 0 Å². The smallest absolute Gasteiger partial charge is 0.233 e. The average Bonchev–Trinajstić information content (AvgIpc) is 3.42. The van der Waals surface area contributed by atoms with Gasteiger partial charge in [-0.1, -0.05) is 60.7 Å². The minimum Gasteiger partial charge on any atom is -0.333 e. The Labute approximate surface area is 152 Å². The van der Waals surface area contributed by atoms with Gasteiger partial charge in [0.25, 0.3) is 0 Å². The van der Waals surface area contributed by atoms with E-state index in [1.54, 1.807) is 0 Å². The average molecular weight is 344 g/mol. The molecule has 1 amide bonds. The lowest BCUT2D eigenvalue weighted by molar-refractivity contribution is -0.135. The minimum atomic E-state index is -0.314. The van der Waals surface area contributed by atoms with E-state index in [1.807, 2.05) is 53.4 Å². The molecule has 130 valence electrons. The van der Waals surface area contributed by atoms with Crippen LogP contribution in [-0.4, -0.2) is 32.1 Å². The number of benzene rings is 2. The molecule has 1 aromatic heterocycles. The van der Waals surface area contributed by atoms with Crippen molar-refractivity contribution in [2.24, 2.45) is 0 Å². The normalized spacial score (nSPS) is 17.6. The van der Waals surface area contributed by atoms with E-state index in [9.17, 15) is 4.79 Å². The van der Waals surface area contributed by atoms with Crippen LogP contribution < -0.4 is 0 Å². The number of fused-ring (bicyclic) bond motifs is 1. The lowest BCUT2D eigenvalue weighted by Crippen LogP contribution is -2.43. The zero-order valence-electron chi connectivity index (χ0n) is 14.5. The van der Waals surface area contributed by atoms with Crippen LogP contribution in [0.3, 0.4) is 0 Å². The Morgan fingerprint density at radius 2 is 1.58 bits per heavy atom. The van der Waals surface area contributed by atoms with Crippen LogP contribution in [-0.2, 0) is 23.3 Å². The van der Waals surface area contributed by atoms with Crippen molar-refractivity contribution in [2.45, 2.75) is 31.3 Å². The molecule has 0 spiro atoms. The second kappa shape index (κ2) is 5.80. The molecule has 0 unspecified atom stereocenters. The number of carbonyl (C=O) groups excluding carboxylic acids is 1. The summed E-state index contributed by atoms with van der Waals surface area (Å²) in [5.41, 5.74) is 1.89. The fraction of sp³-hybridized carbons (Fsp3) is 0.286. The first kappa shape index (κ1) is 15.3. The maximum absolute atomic E-state index is 13.2. The first-order valence-corrected chi connectivity index (χ1v) is 9.10. The molecule has 2 heterocycles. The summed E-state index contributed by atoms with van der Waals surface area (Å²) in [5, 5.41) is 8.73. The van der Waals surface area contributed by atoms with Crippen molar-refractivity contribution in [1.82, 2.24) is 19.7 Å². The molecule has 0 N–H and O–H groups in total. The molecule has 5 nitrogen and oxygen atoms in total. The van der Waals surface area contributed by atoms with Crippen molar-refractivity contribution in [1.29, 1.82) is 0 Å². The van der Waals surface area contributed by atoms with E-state index in [1.165, 1.54) is 0 Å². The van der Waals surface area contributed by atoms with E-state index in [4.69, 9.17) is 0 Å². The molecule has 5 rings (SSSR count). The van der Waals surface area contributed by atoms with Crippen molar-refractivity contribution in [3.8, 4) is 11.4 Å². The summed E-state index contributed by atoms with van der Waals surface area (Å²) in [7, 11) is 0. The number of amides is 1. The molecule has 0 atom stereocenters. The Kier molecular flexibility index (Phi) is 3.42. The van der Waals surface area contributed by atoms with Crippen LogP contribution >= 0.6 is 0 Å². The molecule has 0 bridgehead atoms. The predicted molar refractivity (Wildman–Crippen MR) is 98.2 cm³/mol. The SMILES string of the molecule is O=C(N1CCn2c(nnc2-c2ccccc2)C1)C1(c2ccccc2)CC1. The third-order valence-electron chi connectivity index (χ3n) is 5.56. The highest BCUT2D eigenvalue weighted by molar-refractivity contribution is 5.91. The molecule has 1 fully saturated rings. The standard InChI is InChI=1S/C21H20N4O/c26-20(21(11-12-21)17-9-5-2-6-10-17)24-13-14-25-18(15-24)22-23-19(25)16-7-3-1-4-8-16/h1-10H,11-15H2. The zero-order chi connectivity index (χ0) is 17.6. The van der Waals surface area contributed by atoms with Crippen molar-refractivity contribution >= 4 is 5.91 Å². The summed E-state index contributed by atoms with van der Waals surface area (Å²) >= 11 is 0. The van der Waals surface area contributed by atoms with Gasteiger partial charge in [0.05, 0.1) is 12.0 Å². The Hall–Kier alpha value is -2.95. The minimum absolute atomic E-state index is 0.235. The molecule has 1 aliphatic carbocycles. The topological polar surface area (TPSA) is 51.0 Å². The van der Waals surface area contributed by atoms with Gasteiger partial charge in [-0.3, -0.25) is 4.79 Å². The number of hydrogen-bond donors (Lipinski definition) is 0. The molecular weight excluding hydrogens is 324 g/mol. The quantitative estimate of drug-likeness (QED) is 0.734. The predicted octanol–water partition coefficient (Wildman–Crippen LogP) is 3.02. The maximum atomic E-state index is 13.2. The summed E-state index contributed by atoms with van der Waals surface area (Å²) in [6, 6.07) is 20.3. The summed E-state index contributed by atoms with van der Waals surface area (Å²) < 4.78 is 2.14. The third-order valence-corrected chi connectivity index (χ3v) is 5.56. The van der Waals surface area contributed by atoms with Gasteiger partial charge in [0.2, 0.25) is 5.91 Å². The highest BCUT2D eigenvalue weighted by Crippen LogP contribution is 2.49. The molecule has 5 heteroatoms. The Bertz CT molecular complexity index is 945. The van der Waals surface area contributed by atoms with E-state index in [0.717, 1.165) is 42.2 Å². The zero-order valence-corrected chi connectivity index (χ0v) is 14.5. The monoisotopic (exact) mass is 344 g/mol. The second-order valence-electron chi connectivity index (χ2n) is 7.13. The van der Waals surface area contributed by atoms with Gasteiger partial charge in [0.1, 0.15) is 0 Å². The van der Waals surface area contributed by atoms with Crippen LogP contribution in [0.1, 0.15) is 24.2 Å². The molecule has 1 saturated carbocycles. The highest BCUT2D eigenvalue weighted by atomic mass is 16.2. The van der Waals surface area contributed by atoms with Crippen molar-refractivity contribution in [3.05, 3.63) is 72.1 Å². The van der Waals surface area contributed by atoms with E-state index in [0.29, 0.717) is 13.1 Å². The summed E-state index contributed by atoms with van der Waals surface area (Å²) in [5.74, 6) is 1.99. The van der Waals surface area contributed by atoms with Gasteiger partial charge in [-0.15, -0.1) is 10.2 Å². The lowest BCUT2D eigenvalue weighted by Gasteiger charge is -2.31. The van der Waals surface area contributed by atoms with Gasteiger partial charge in [0, 0.05) is 18.7 Å². The first-order valence-electron chi connectivity index (χ1n) is 9.10. The van der Waals surface area contributed by atoms with E-state index in [2.05, 4.69) is 26.9 Å². The van der Waals surface area contributed by atoms with Crippen LogP contribution in [0.25, 0.3) is 11.4 Å². The lowest BCUT2D eigenvalue weighted by atomic mass is 9.94. The van der Waals surface area contributed by atoms with Gasteiger partial charge in [-0.2, -0.15) is 0 Å². The fourth-order valence-electron chi connectivity index (χ4n) is 3.94.